The Bertz CT molecular complexity index is 611. The minimum atomic E-state index is -3.13. The van der Waals surface area contributed by atoms with Crippen LogP contribution in [0.3, 0.4) is 0 Å². The van der Waals surface area contributed by atoms with Gasteiger partial charge in [-0.05, 0) is 31.2 Å². The third-order valence-electron chi connectivity index (χ3n) is 3.75. The van der Waals surface area contributed by atoms with Crippen molar-refractivity contribution < 1.29 is 8.42 Å². The van der Waals surface area contributed by atoms with Gasteiger partial charge in [-0.2, -0.15) is 5.26 Å². The molecule has 5 nitrogen and oxygen atoms in total. The van der Waals surface area contributed by atoms with Gasteiger partial charge in [-0.3, -0.25) is 4.90 Å². The van der Waals surface area contributed by atoms with E-state index in [1.54, 1.807) is 12.1 Å². The van der Waals surface area contributed by atoms with Crippen LogP contribution in [0.5, 0.6) is 0 Å². The molecule has 114 valence electrons. The molecular formula is C15H21N3O2S. The van der Waals surface area contributed by atoms with Gasteiger partial charge in [-0.15, -0.1) is 0 Å². The zero-order chi connectivity index (χ0) is 15.5. The Labute approximate surface area is 126 Å². The number of piperazine rings is 1. The first kappa shape index (κ1) is 15.8. The molecule has 1 aromatic carbocycles. The van der Waals surface area contributed by atoms with Gasteiger partial charge in [-0.1, -0.05) is 0 Å². The summed E-state index contributed by atoms with van der Waals surface area (Å²) in [5.41, 5.74) is 1.05. The molecule has 1 fully saturated rings. The Kier molecular flexibility index (Phi) is 4.86. The van der Waals surface area contributed by atoms with E-state index in [1.807, 2.05) is 19.1 Å². The molecule has 0 aliphatic carbocycles. The summed E-state index contributed by atoms with van der Waals surface area (Å²) in [4.78, 5) is 4.90. The standard InChI is InChI=1S/C15H21N3O2S/c1-13(11-16)12-17-7-9-18(10-8-17)14-3-5-15(6-4-14)21(2,19)20/h3-6,13H,7-10,12H2,1-2H3. The highest BCUT2D eigenvalue weighted by Crippen LogP contribution is 2.19. The van der Waals surface area contributed by atoms with Gasteiger partial charge >= 0.3 is 0 Å². The van der Waals surface area contributed by atoms with E-state index in [1.165, 1.54) is 6.26 Å². The topological polar surface area (TPSA) is 64.4 Å². The molecule has 1 aromatic rings. The van der Waals surface area contributed by atoms with Crippen molar-refractivity contribution in [3.63, 3.8) is 0 Å². The van der Waals surface area contributed by atoms with Crippen LogP contribution in [-0.4, -0.2) is 52.3 Å². The van der Waals surface area contributed by atoms with Gasteiger partial charge in [0.25, 0.3) is 0 Å². The number of benzene rings is 1. The molecule has 0 N–H and O–H groups in total. The summed E-state index contributed by atoms with van der Waals surface area (Å²) in [6.07, 6.45) is 1.22. The van der Waals surface area contributed by atoms with Crippen LogP contribution >= 0.6 is 0 Å². The molecule has 1 unspecified atom stereocenters. The predicted molar refractivity (Wildman–Crippen MR) is 83.0 cm³/mol. The molecule has 6 heteroatoms. The summed E-state index contributed by atoms with van der Waals surface area (Å²) in [5, 5.41) is 8.85. The van der Waals surface area contributed by atoms with E-state index in [-0.39, 0.29) is 5.92 Å². The molecule has 21 heavy (non-hydrogen) atoms. The molecule has 0 aromatic heterocycles. The monoisotopic (exact) mass is 307 g/mol. The smallest absolute Gasteiger partial charge is 0.175 e. The number of nitriles is 1. The average molecular weight is 307 g/mol. The van der Waals surface area contributed by atoms with Crippen molar-refractivity contribution in [2.24, 2.45) is 5.92 Å². The first-order valence-electron chi connectivity index (χ1n) is 7.07. The molecule has 0 saturated carbocycles. The maximum absolute atomic E-state index is 11.4. The average Bonchev–Trinajstić information content (AvgIpc) is 2.47. The van der Waals surface area contributed by atoms with Crippen LogP contribution in [-0.2, 0) is 9.84 Å². The van der Waals surface area contributed by atoms with Crippen molar-refractivity contribution in [2.75, 3.05) is 43.9 Å². The van der Waals surface area contributed by atoms with E-state index in [4.69, 9.17) is 5.26 Å². The molecule has 1 aliphatic heterocycles. The van der Waals surface area contributed by atoms with Crippen molar-refractivity contribution in [1.29, 1.82) is 5.26 Å². The summed E-state index contributed by atoms with van der Waals surface area (Å²) in [7, 11) is -3.13. The maximum atomic E-state index is 11.4. The SMILES string of the molecule is CC(C#N)CN1CCN(c2ccc(S(C)(=O)=O)cc2)CC1. The molecule has 1 saturated heterocycles. The van der Waals surface area contributed by atoms with Gasteiger partial charge < -0.3 is 4.90 Å². The molecule has 1 aliphatic rings. The Balaban J connectivity index is 1.95. The third-order valence-corrected chi connectivity index (χ3v) is 4.88. The first-order valence-corrected chi connectivity index (χ1v) is 8.96. The highest BCUT2D eigenvalue weighted by Gasteiger charge is 2.19. The lowest BCUT2D eigenvalue weighted by Gasteiger charge is -2.36. The number of anilines is 1. The van der Waals surface area contributed by atoms with Gasteiger partial charge in [0, 0.05) is 44.7 Å². The van der Waals surface area contributed by atoms with Gasteiger partial charge in [0.15, 0.2) is 9.84 Å². The van der Waals surface area contributed by atoms with Gasteiger partial charge in [0.2, 0.25) is 0 Å². The van der Waals surface area contributed by atoms with Crippen molar-refractivity contribution in [3.8, 4) is 6.07 Å². The second-order valence-corrected chi connectivity index (χ2v) is 7.60. The quantitative estimate of drug-likeness (QED) is 0.840. The largest absolute Gasteiger partial charge is 0.369 e. The van der Waals surface area contributed by atoms with Gasteiger partial charge in [0.1, 0.15) is 0 Å². The van der Waals surface area contributed by atoms with Crippen molar-refractivity contribution in [2.45, 2.75) is 11.8 Å². The fourth-order valence-corrected chi connectivity index (χ4v) is 3.15. The van der Waals surface area contributed by atoms with Gasteiger partial charge in [-0.25, -0.2) is 8.42 Å². The number of sulfone groups is 1. The van der Waals surface area contributed by atoms with E-state index in [9.17, 15) is 8.42 Å². The number of hydrogen-bond donors (Lipinski definition) is 0. The lowest BCUT2D eigenvalue weighted by atomic mass is 10.1. The third kappa shape index (κ3) is 4.19. The first-order chi connectivity index (χ1) is 9.90. The lowest BCUT2D eigenvalue weighted by molar-refractivity contribution is 0.241. The Morgan fingerprint density at radius 3 is 2.24 bits per heavy atom. The molecule has 1 atom stereocenters. The second-order valence-electron chi connectivity index (χ2n) is 5.58. The molecule has 0 bridgehead atoms. The van der Waals surface area contributed by atoms with E-state index in [0.717, 1.165) is 38.4 Å². The minimum Gasteiger partial charge on any atom is -0.369 e. The summed E-state index contributed by atoms with van der Waals surface area (Å²) in [5.74, 6) is 0.0607. The summed E-state index contributed by atoms with van der Waals surface area (Å²) >= 11 is 0. The Morgan fingerprint density at radius 2 is 1.76 bits per heavy atom. The van der Waals surface area contributed by atoms with Crippen molar-refractivity contribution in [1.82, 2.24) is 4.90 Å². The Hall–Kier alpha value is -1.58. The number of nitrogens with zero attached hydrogens (tertiary/aromatic N) is 3. The van der Waals surface area contributed by atoms with Crippen LogP contribution in [0.2, 0.25) is 0 Å². The number of hydrogen-bond acceptors (Lipinski definition) is 5. The summed E-state index contributed by atoms with van der Waals surface area (Å²) < 4.78 is 22.9. The van der Waals surface area contributed by atoms with Gasteiger partial charge in [0.05, 0.1) is 16.9 Å². The lowest BCUT2D eigenvalue weighted by Crippen LogP contribution is -2.47. The zero-order valence-corrected chi connectivity index (χ0v) is 13.3. The van der Waals surface area contributed by atoms with Crippen LogP contribution in [0.1, 0.15) is 6.92 Å². The van der Waals surface area contributed by atoms with E-state index >= 15 is 0 Å². The van der Waals surface area contributed by atoms with E-state index < -0.39 is 9.84 Å². The molecule has 0 spiro atoms. The Morgan fingerprint density at radius 1 is 1.19 bits per heavy atom. The highest BCUT2D eigenvalue weighted by atomic mass is 32.2. The highest BCUT2D eigenvalue weighted by molar-refractivity contribution is 7.90. The van der Waals surface area contributed by atoms with E-state index in [0.29, 0.717) is 4.90 Å². The van der Waals surface area contributed by atoms with Crippen LogP contribution in [0, 0.1) is 17.2 Å². The molecule has 0 radical (unpaired) electrons. The van der Waals surface area contributed by atoms with Crippen LogP contribution < -0.4 is 4.90 Å². The normalized spacial score (nSPS) is 18.2. The van der Waals surface area contributed by atoms with Crippen molar-refractivity contribution >= 4 is 15.5 Å². The molecule has 1 heterocycles. The molecule has 0 amide bonds. The van der Waals surface area contributed by atoms with E-state index in [2.05, 4.69) is 15.9 Å². The number of rotatable bonds is 4. The fourth-order valence-electron chi connectivity index (χ4n) is 2.52. The zero-order valence-electron chi connectivity index (χ0n) is 12.5. The van der Waals surface area contributed by atoms with Crippen LogP contribution in [0.15, 0.2) is 29.2 Å². The second kappa shape index (κ2) is 6.46. The van der Waals surface area contributed by atoms with Crippen molar-refractivity contribution in [3.05, 3.63) is 24.3 Å². The predicted octanol–water partition coefficient (Wildman–Crippen LogP) is 1.37. The molecule has 2 rings (SSSR count). The summed E-state index contributed by atoms with van der Waals surface area (Å²) in [6, 6.07) is 9.32. The van der Waals surface area contributed by atoms with Crippen LogP contribution in [0.25, 0.3) is 0 Å². The summed E-state index contributed by atoms with van der Waals surface area (Å²) in [6.45, 7) is 6.42. The fraction of sp³-hybridized carbons (Fsp3) is 0.533. The molecular weight excluding hydrogens is 286 g/mol. The minimum absolute atomic E-state index is 0.0607. The van der Waals surface area contributed by atoms with Crippen LogP contribution in [0.4, 0.5) is 5.69 Å². The maximum Gasteiger partial charge on any atom is 0.175 e.